The molecule has 1 saturated heterocycles. The van der Waals surface area contributed by atoms with Crippen LogP contribution in [-0.4, -0.2) is 49.9 Å². The molecule has 2 aliphatic heterocycles. The Kier molecular flexibility index (Phi) is 7.47. The molecule has 0 radical (unpaired) electrons. The molecule has 0 saturated carbocycles. The molecule has 2 aromatic heterocycles. The van der Waals surface area contributed by atoms with Crippen molar-refractivity contribution in [1.29, 1.82) is 5.41 Å². The Hall–Kier alpha value is -3.51. The molecule has 1 atom stereocenters. The summed E-state index contributed by atoms with van der Waals surface area (Å²) >= 11 is 5.03. The second-order valence-corrected chi connectivity index (χ2v) is 11.3. The molecule has 1 fully saturated rings. The fourth-order valence-electron chi connectivity index (χ4n) is 4.89. The Morgan fingerprint density at radius 3 is 2.87 bits per heavy atom. The summed E-state index contributed by atoms with van der Waals surface area (Å²) in [7, 11) is 0. The lowest BCUT2D eigenvalue weighted by atomic mass is 10.00. The Bertz CT molecular complexity index is 1560. The number of piperidine rings is 1. The van der Waals surface area contributed by atoms with Gasteiger partial charge in [0.05, 0.1) is 6.33 Å². The van der Waals surface area contributed by atoms with Crippen molar-refractivity contribution in [2.24, 2.45) is 0 Å². The normalized spacial score (nSPS) is 16.5. The summed E-state index contributed by atoms with van der Waals surface area (Å²) in [4.78, 5) is 28.0. The van der Waals surface area contributed by atoms with Crippen LogP contribution >= 0.6 is 27.7 Å². The van der Waals surface area contributed by atoms with Gasteiger partial charge in [-0.15, -0.1) is 0 Å². The van der Waals surface area contributed by atoms with Gasteiger partial charge in [0.1, 0.15) is 12.1 Å². The van der Waals surface area contributed by atoms with Crippen LogP contribution in [0.15, 0.2) is 63.3 Å². The zero-order valence-corrected chi connectivity index (χ0v) is 23.5. The van der Waals surface area contributed by atoms with E-state index in [0.717, 1.165) is 40.6 Å². The summed E-state index contributed by atoms with van der Waals surface area (Å²) in [6, 6.07) is 13.6. The first-order valence-electron chi connectivity index (χ1n) is 12.8. The second-order valence-electron chi connectivity index (χ2n) is 9.44. The Morgan fingerprint density at radius 1 is 1.21 bits per heavy atom. The van der Waals surface area contributed by atoms with Crippen LogP contribution in [0.25, 0.3) is 11.2 Å². The van der Waals surface area contributed by atoms with Gasteiger partial charge < -0.3 is 28.7 Å². The molecular weight excluding hydrogens is 584 g/mol. The minimum atomic E-state index is -0.272. The molecule has 12 heteroatoms. The van der Waals surface area contributed by atoms with Gasteiger partial charge in [0.25, 0.3) is 0 Å². The van der Waals surface area contributed by atoms with Gasteiger partial charge in [0.15, 0.2) is 27.8 Å². The molecule has 2 N–H and O–H groups in total. The van der Waals surface area contributed by atoms with Gasteiger partial charge in [-0.05, 0) is 59.3 Å². The minimum Gasteiger partial charge on any atom is -0.454 e. The molecule has 2 aromatic carbocycles. The third kappa shape index (κ3) is 5.62. The third-order valence-electron chi connectivity index (χ3n) is 6.90. The van der Waals surface area contributed by atoms with Crippen molar-refractivity contribution in [2.45, 2.75) is 54.9 Å². The SMILES string of the molecule is N=c1ncn(CCC2CCCCN2C(=O)OCc2ccccc2)c2nc(Sc3cc4c(cc3Br)OCO4)[nH]c12. The van der Waals surface area contributed by atoms with Crippen molar-refractivity contribution in [2.75, 3.05) is 13.3 Å². The van der Waals surface area contributed by atoms with Gasteiger partial charge >= 0.3 is 6.09 Å². The molecule has 4 aromatic rings. The number of carbonyl (C=O) groups is 1. The number of H-pyrrole nitrogens is 1. The number of likely N-dealkylation sites (tertiary alicyclic amines) is 1. The Labute approximate surface area is 237 Å². The highest BCUT2D eigenvalue weighted by Gasteiger charge is 2.28. The highest BCUT2D eigenvalue weighted by atomic mass is 79.9. The van der Waals surface area contributed by atoms with E-state index in [9.17, 15) is 4.79 Å². The number of rotatable bonds is 7. The molecule has 0 aliphatic carbocycles. The van der Waals surface area contributed by atoms with E-state index in [1.807, 2.05) is 51.9 Å². The van der Waals surface area contributed by atoms with E-state index in [-0.39, 0.29) is 31.0 Å². The largest absolute Gasteiger partial charge is 0.454 e. The van der Waals surface area contributed by atoms with Crippen LogP contribution in [0, 0.1) is 5.41 Å². The number of amides is 1. The fourth-order valence-corrected chi connectivity index (χ4v) is 6.27. The molecule has 2 aliphatic rings. The maximum absolute atomic E-state index is 12.9. The van der Waals surface area contributed by atoms with Crippen LogP contribution < -0.4 is 15.0 Å². The van der Waals surface area contributed by atoms with Gasteiger partial charge in [0, 0.05) is 28.5 Å². The fraction of sp³-hybridized carbons (Fsp3) is 0.333. The number of nitrogens with zero attached hydrogens (tertiary/aromatic N) is 4. The highest BCUT2D eigenvalue weighted by Crippen LogP contribution is 2.42. The number of nitrogens with one attached hydrogen (secondary N) is 2. The molecule has 10 nitrogen and oxygen atoms in total. The van der Waals surface area contributed by atoms with Gasteiger partial charge in [-0.1, -0.05) is 42.1 Å². The molecule has 1 unspecified atom stereocenters. The van der Waals surface area contributed by atoms with Crippen LogP contribution in [-0.2, 0) is 17.9 Å². The average molecular weight is 612 g/mol. The minimum absolute atomic E-state index is 0.0672. The zero-order valence-electron chi connectivity index (χ0n) is 21.1. The van der Waals surface area contributed by atoms with Crippen LogP contribution in [0.4, 0.5) is 4.79 Å². The molecule has 1 amide bonds. The number of hydrogen-bond acceptors (Lipinski definition) is 8. The number of aromatic amines is 1. The summed E-state index contributed by atoms with van der Waals surface area (Å²) in [6.45, 7) is 1.77. The Balaban J connectivity index is 1.16. The smallest absolute Gasteiger partial charge is 0.410 e. The number of hydrogen-bond donors (Lipinski definition) is 2. The van der Waals surface area contributed by atoms with Crippen molar-refractivity contribution in [3.8, 4) is 11.5 Å². The summed E-state index contributed by atoms with van der Waals surface area (Å²) in [6.07, 6.45) is 5.09. The van der Waals surface area contributed by atoms with Crippen LogP contribution in [0.1, 0.15) is 31.2 Å². The Morgan fingerprint density at radius 2 is 2.03 bits per heavy atom. The van der Waals surface area contributed by atoms with Crippen molar-refractivity contribution in [3.05, 3.63) is 64.3 Å². The van der Waals surface area contributed by atoms with E-state index < -0.39 is 0 Å². The van der Waals surface area contributed by atoms with Crippen LogP contribution in [0.5, 0.6) is 11.5 Å². The van der Waals surface area contributed by atoms with Gasteiger partial charge in [-0.2, -0.15) is 0 Å². The maximum atomic E-state index is 12.9. The van der Waals surface area contributed by atoms with Gasteiger partial charge in [0.2, 0.25) is 6.79 Å². The number of halogens is 1. The molecule has 4 heterocycles. The maximum Gasteiger partial charge on any atom is 0.410 e. The van der Waals surface area contributed by atoms with E-state index in [4.69, 9.17) is 24.6 Å². The standard InChI is InChI=1S/C27H27BrN6O4S/c28-19-12-20-21(38-16-37-20)13-22(19)39-26-31-23-24(29)30-15-33(25(23)32-26)11-9-18-8-4-5-10-34(18)27(35)36-14-17-6-2-1-3-7-17/h1-3,6-7,12-13,15,18,29H,4-5,8-11,14,16H2,(H,31,32). The van der Waals surface area contributed by atoms with Crippen molar-refractivity contribution < 1.29 is 19.0 Å². The zero-order chi connectivity index (χ0) is 26.8. The first-order valence-corrected chi connectivity index (χ1v) is 14.4. The summed E-state index contributed by atoms with van der Waals surface area (Å²) in [5.41, 5.74) is 2.33. The van der Waals surface area contributed by atoms with E-state index >= 15 is 0 Å². The van der Waals surface area contributed by atoms with Gasteiger partial charge in [-0.25, -0.2) is 14.8 Å². The van der Waals surface area contributed by atoms with Crippen LogP contribution in [0.2, 0.25) is 0 Å². The molecular formula is C27H27BrN6O4S. The van der Waals surface area contributed by atoms with Crippen molar-refractivity contribution >= 4 is 44.9 Å². The molecule has 0 spiro atoms. The predicted molar refractivity (Wildman–Crippen MR) is 148 cm³/mol. The van der Waals surface area contributed by atoms with E-state index in [1.54, 1.807) is 6.33 Å². The van der Waals surface area contributed by atoms with Crippen molar-refractivity contribution in [1.82, 2.24) is 24.4 Å². The third-order valence-corrected chi connectivity index (χ3v) is 8.76. The number of aryl methyl sites for hydroxylation is 1. The number of benzene rings is 2. The molecule has 0 bridgehead atoms. The highest BCUT2D eigenvalue weighted by molar-refractivity contribution is 9.10. The topological polar surface area (TPSA) is 118 Å². The van der Waals surface area contributed by atoms with Crippen molar-refractivity contribution in [3.63, 3.8) is 0 Å². The van der Waals surface area contributed by atoms with Crippen LogP contribution in [0.3, 0.4) is 0 Å². The molecule has 6 rings (SSSR count). The van der Waals surface area contributed by atoms with E-state index in [2.05, 4.69) is 25.9 Å². The predicted octanol–water partition coefficient (Wildman–Crippen LogP) is 5.46. The van der Waals surface area contributed by atoms with E-state index in [1.165, 1.54) is 11.8 Å². The van der Waals surface area contributed by atoms with E-state index in [0.29, 0.717) is 40.9 Å². The number of ether oxygens (including phenoxy) is 3. The lowest BCUT2D eigenvalue weighted by Gasteiger charge is -2.35. The molecule has 39 heavy (non-hydrogen) atoms. The second kappa shape index (κ2) is 11.3. The number of fused-ring (bicyclic) bond motifs is 2. The lowest BCUT2D eigenvalue weighted by Crippen LogP contribution is -2.44. The first-order chi connectivity index (χ1) is 19.0. The lowest BCUT2D eigenvalue weighted by molar-refractivity contribution is 0.0650. The first kappa shape index (κ1) is 25.8. The van der Waals surface area contributed by atoms with Gasteiger partial charge in [-0.3, -0.25) is 5.41 Å². The monoisotopic (exact) mass is 610 g/mol. The summed E-state index contributed by atoms with van der Waals surface area (Å²) in [5, 5.41) is 8.95. The molecule has 202 valence electrons. The number of carbonyl (C=O) groups excluding carboxylic acids is 1. The quantitative estimate of drug-likeness (QED) is 0.285. The summed E-state index contributed by atoms with van der Waals surface area (Å²) < 4.78 is 19.4. The number of aromatic nitrogens is 4. The summed E-state index contributed by atoms with van der Waals surface area (Å²) in [5.74, 6) is 1.39. The number of imidazole rings is 1. The average Bonchev–Trinajstić information content (AvgIpc) is 3.60.